The first kappa shape index (κ1) is 10.2. The van der Waals surface area contributed by atoms with Crippen LogP contribution in [0, 0.1) is 0 Å². The van der Waals surface area contributed by atoms with Gasteiger partial charge < -0.3 is 15.7 Å². The number of carbonyl (C=O) groups excluding carboxylic acids is 1. The molecule has 0 aliphatic rings. The van der Waals surface area contributed by atoms with Gasteiger partial charge in [-0.2, -0.15) is 0 Å². The van der Waals surface area contributed by atoms with Gasteiger partial charge in [0.1, 0.15) is 0 Å². The van der Waals surface area contributed by atoms with E-state index in [1.807, 2.05) is 13.8 Å². The maximum absolute atomic E-state index is 10.8. The highest BCUT2D eigenvalue weighted by atomic mass is 16.3. The van der Waals surface area contributed by atoms with Crippen molar-refractivity contribution < 1.29 is 9.90 Å². The van der Waals surface area contributed by atoms with E-state index in [1.54, 1.807) is 0 Å². The molecule has 1 atom stereocenters. The van der Waals surface area contributed by atoms with Crippen molar-refractivity contribution in [2.75, 3.05) is 13.2 Å². The number of nitrogens with one attached hydrogen (secondary N) is 2. The van der Waals surface area contributed by atoms with Crippen molar-refractivity contribution in [3.05, 3.63) is 0 Å². The van der Waals surface area contributed by atoms with E-state index in [-0.39, 0.29) is 18.7 Å². The van der Waals surface area contributed by atoms with Gasteiger partial charge in [-0.25, -0.2) is 4.79 Å². The average Bonchev–Trinajstić information content (AvgIpc) is 1.87. The molecule has 0 aliphatic carbocycles. The number of aliphatic hydroxyl groups is 1. The first-order valence-electron chi connectivity index (χ1n) is 3.86. The van der Waals surface area contributed by atoms with Gasteiger partial charge in [0.05, 0.1) is 0 Å². The number of hydrogen-bond donors (Lipinski definition) is 3. The topological polar surface area (TPSA) is 61.4 Å². The zero-order valence-electron chi connectivity index (χ0n) is 7.05. The largest absolute Gasteiger partial charge is 0.396 e. The van der Waals surface area contributed by atoms with Crippen LogP contribution in [0.25, 0.3) is 0 Å². The Hall–Kier alpha value is -0.770. The minimum atomic E-state index is -0.173. The van der Waals surface area contributed by atoms with Crippen molar-refractivity contribution in [2.24, 2.45) is 0 Å². The molecular formula is C7H16N2O2. The van der Waals surface area contributed by atoms with Gasteiger partial charge in [0.15, 0.2) is 0 Å². The molecule has 66 valence electrons. The van der Waals surface area contributed by atoms with Crippen LogP contribution in [-0.2, 0) is 0 Å². The molecule has 11 heavy (non-hydrogen) atoms. The summed E-state index contributed by atoms with van der Waals surface area (Å²) in [5, 5.41) is 13.8. The highest BCUT2D eigenvalue weighted by molar-refractivity contribution is 5.73. The molecule has 0 aromatic rings. The van der Waals surface area contributed by atoms with Crippen LogP contribution >= 0.6 is 0 Å². The second-order valence-corrected chi connectivity index (χ2v) is 2.42. The quantitative estimate of drug-likeness (QED) is 0.545. The maximum atomic E-state index is 10.8. The van der Waals surface area contributed by atoms with E-state index in [1.165, 1.54) is 0 Å². The molecule has 2 amide bonds. The highest BCUT2D eigenvalue weighted by Crippen LogP contribution is 1.87. The highest BCUT2D eigenvalue weighted by Gasteiger charge is 2.03. The summed E-state index contributed by atoms with van der Waals surface area (Å²) in [6.07, 6.45) is 0.594. The Morgan fingerprint density at radius 2 is 2.27 bits per heavy atom. The number of hydrogen-bond acceptors (Lipinski definition) is 2. The van der Waals surface area contributed by atoms with Gasteiger partial charge in [0, 0.05) is 19.2 Å². The lowest BCUT2D eigenvalue weighted by Crippen LogP contribution is -2.40. The third kappa shape index (κ3) is 5.66. The fourth-order valence-electron chi connectivity index (χ4n) is 0.701. The van der Waals surface area contributed by atoms with Crippen LogP contribution in [0.15, 0.2) is 0 Å². The van der Waals surface area contributed by atoms with Gasteiger partial charge in [0.2, 0.25) is 0 Å². The van der Waals surface area contributed by atoms with E-state index in [9.17, 15) is 4.79 Å². The first-order chi connectivity index (χ1) is 5.20. The number of carbonyl (C=O) groups is 1. The van der Waals surface area contributed by atoms with Crippen molar-refractivity contribution >= 4 is 6.03 Å². The van der Waals surface area contributed by atoms with Crippen LogP contribution in [0.2, 0.25) is 0 Å². The van der Waals surface area contributed by atoms with E-state index in [0.29, 0.717) is 13.0 Å². The lowest BCUT2D eigenvalue weighted by Gasteiger charge is -2.11. The minimum absolute atomic E-state index is 0.0338. The van der Waals surface area contributed by atoms with E-state index in [0.717, 1.165) is 0 Å². The molecule has 0 aromatic carbocycles. The summed E-state index contributed by atoms with van der Waals surface area (Å²) in [5.74, 6) is 0. The minimum Gasteiger partial charge on any atom is -0.396 e. The molecule has 0 radical (unpaired) electrons. The first-order valence-corrected chi connectivity index (χ1v) is 3.86. The summed E-state index contributed by atoms with van der Waals surface area (Å²) in [6.45, 7) is 4.44. The van der Waals surface area contributed by atoms with Crippen LogP contribution < -0.4 is 10.6 Å². The van der Waals surface area contributed by atoms with Crippen LogP contribution in [-0.4, -0.2) is 30.3 Å². The molecule has 0 bridgehead atoms. The third-order valence-corrected chi connectivity index (χ3v) is 1.28. The molecule has 4 heteroatoms. The Morgan fingerprint density at radius 1 is 1.64 bits per heavy atom. The van der Waals surface area contributed by atoms with Crippen LogP contribution in [0.3, 0.4) is 0 Å². The lowest BCUT2D eigenvalue weighted by atomic mass is 10.2. The Kier molecular flexibility index (Phi) is 5.56. The maximum Gasteiger partial charge on any atom is 0.314 e. The second-order valence-electron chi connectivity index (χ2n) is 2.42. The summed E-state index contributed by atoms with van der Waals surface area (Å²) >= 11 is 0. The van der Waals surface area contributed by atoms with Crippen LogP contribution in [0.1, 0.15) is 20.3 Å². The van der Waals surface area contributed by atoms with Gasteiger partial charge >= 0.3 is 6.03 Å². The van der Waals surface area contributed by atoms with E-state index in [4.69, 9.17) is 5.11 Å². The molecule has 0 fully saturated rings. The molecular weight excluding hydrogens is 144 g/mol. The molecule has 0 rings (SSSR count). The molecule has 0 saturated carbocycles. The van der Waals surface area contributed by atoms with E-state index in [2.05, 4.69) is 10.6 Å². The van der Waals surface area contributed by atoms with Crippen molar-refractivity contribution in [2.45, 2.75) is 26.3 Å². The number of aliphatic hydroxyl groups excluding tert-OH is 1. The van der Waals surface area contributed by atoms with E-state index < -0.39 is 0 Å². The predicted octanol–water partition coefficient (Wildman–Crippen LogP) is 0.0764. The summed E-state index contributed by atoms with van der Waals surface area (Å²) in [7, 11) is 0. The van der Waals surface area contributed by atoms with Crippen molar-refractivity contribution in [3.8, 4) is 0 Å². The Balaban J connectivity index is 3.40. The van der Waals surface area contributed by atoms with Gasteiger partial charge in [-0.05, 0) is 20.3 Å². The molecule has 0 aliphatic heterocycles. The van der Waals surface area contributed by atoms with Gasteiger partial charge in [-0.15, -0.1) is 0 Å². The van der Waals surface area contributed by atoms with Crippen LogP contribution in [0.4, 0.5) is 4.79 Å². The number of rotatable bonds is 4. The molecule has 4 nitrogen and oxygen atoms in total. The number of urea groups is 1. The molecule has 0 aromatic heterocycles. The number of amides is 2. The fourth-order valence-corrected chi connectivity index (χ4v) is 0.701. The smallest absolute Gasteiger partial charge is 0.314 e. The third-order valence-electron chi connectivity index (χ3n) is 1.28. The Morgan fingerprint density at radius 3 is 2.73 bits per heavy atom. The average molecular weight is 160 g/mol. The van der Waals surface area contributed by atoms with Crippen molar-refractivity contribution in [1.29, 1.82) is 0 Å². The second kappa shape index (κ2) is 5.97. The zero-order valence-corrected chi connectivity index (χ0v) is 7.05. The van der Waals surface area contributed by atoms with Gasteiger partial charge in [-0.3, -0.25) is 0 Å². The zero-order chi connectivity index (χ0) is 8.69. The van der Waals surface area contributed by atoms with Crippen molar-refractivity contribution in [3.63, 3.8) is 0 Å². The molecule has 0 saturated heterocycles. The normalized spacial score (nSPS) is 12.3. The Bertz CT molecular complexity index is 117. The predicted molar refractivity (Wildman–Crippen MR) is 43.4 cm³/mol. The standard InChI is InChI=1S/C7H16N2O2/c1-3-8-7(11)9-6(2)4-5-10/h6,10H,3-5H2,1-2H3,(H2,8,9,11). The Labute approximate surface area is 67.0 Å². The SMILES string of the molecule is CCNC(=O)NC(C)CCO. The van der Waals surface area contributed by atoms with Gasteiger partial charge in [0.25, 0.3) is 0 Å². The lowest BCUT2D eigenvalue weighted by molar-refractivity contribution is 0.231. The summed E-state index contributed by atoms with van der Waals surface area (Å²) < 4.78 is 0. The van der Waals surface area contributed by atoms with Gasteiger partial charge in [-0.1, -0.05) is 0 Å². The monoisotopic (exact) mass is 160 g/mol. The molecule has 1 unspecified atom stereocenters. The summed E-state index contributed by atoms with van der Waals surface area (Å²) in [4.78, 5) is 10.8. The van der Waals surface area contributed by atoms with E-state index >= 15 is 0 Å². The summed E-state index contributed by atoms with van der Waals surface area (Å²) in [5.41, 5.74) is 0. The van der Waals surface area contributed by atoms with Crippen LogP contribution in [0.5, 0.6) is 0 Å². The summed E-state index contributed by atoms with van der Waals surface area (Å²) in [6, 6.07) is -0.139. The molecule has 0 heterocycles. The van der Waals surface area contributed by atoms with Crippen molar-refractivity contribution in [1.82, 2.24) is 10.6 Å². The molecule has 3 N–H and O–H groups in total. The molecule has 0 spiro atoms. The fraction of sp³-hybridized carbons (Fsp3) is 0.857.